The number of esters is 1. The van der Waals surface area contributed by atoms with E-state index in [9.17, 15) is 18.0 Å². The Labute approximate surface area is 195 Å². The first kappa shape index (κ1) is 23.1. The molecule has 174 valence electrons. The lowest BCUT2D eigenvalue weighted by atomic mass is 10.1. The second-order valence-corrected chi connectivity index (χ2v) is 10.7. The summed E-state index contributed by atoms with van der Waals surface area (Å²) in [4.78, 5) is 26.0. The molecular weight excluding hydrogens is 466 g/mol. The number of nitrogens with zero attached hydrogens (tertiary/aromatic N) is 2. The van der Waals surface area contributed by atoms with Gasteiger partial charge in [0.2, 0.25) is 21.6 Å². The van der Waals surface area contributed by atoms with Crippen LogP contribution in [0.2, 0.25) is 0 Å². The van der Waals surface area contributed by atoms with E-state index in [1.807, 2.05) is 30.3 Å². The normalized spacial score (nSPS) is 13.7. The highest BCUT2D eigenvalue weighted by atomic mass is 32.2. The van der Waals surface area contributed by atoms with Crippen molar-refractivity contribution in [3.05, 3.63) is 57.8 Å². The van der Waals surface area contributed by atoms with Gasteiger partial charge in [0.15, 0.2) is 0 Å². The second kappa shape index (κ2) is 9.84. The van der Waals surface area contributed by atoms with E-state index in [2.05, 4.69) is 15.5 Å². The first-order chi connectivity index (χ1) is 15.9. The van der Waals surface area contributed by atoms with E-state index >= 15 is 0 Å². The van der Waals surface area contributed by atoms with Gasteiger partial charge < -0.3 is 14.5 Å². The number of thiophene rings is 1. The van der Waals surface area contributed by atoms with E-state index in [-0.39, 0.29) is 12.3 Å². The number of aromatic nitrogens is 2. The predicted molar refractivity (Wildman–Crippen MR) is 121 cm³/mol. The highest BCUT2D eigenvalue weighted by Gasteiger charge is 2.30. The van der Waals surface area contributed by atoms with Crippen LogP contribution >= 0.6 is 11.3 Å². The van der Waals surface area contributed by atoms with Crippen LogP contribution in [-0.4, -0.2) is 43.4 Å². The number of methoxy groups -OCH3 is 1. The summed E-state index contributed by atoms with van der Waals surface area (Å²) < 4.78 is 35.5. The van der Waals surface area contributed by atoms with E-state index in [0.29, 0.717) is 10.6 Å². The lowest BCUT2D eigenvalue weighted by molar-refractivity contribution is -0.113. The Balaban J connectivity index is 1.49. The maximum Gasteiger partial charge on any atom is 0.341 e. The van der Waals surface area contributed by atoms with Crippen LogP contribution in [0.3, 0.4) is 0 Å². The molecule has 9 nitrogen and oxygen atoms in total. The number of rotatable bonds is 7. The molecule has 0 bridgehead atoms. The molecule has 0 aliphatic heterocycles. The fraction of sp³-hybridized carbons (Fsp3) is 0.364. The van der Waals surface area contributed by atoms with Gasteiger partial charge in [-0.2, -0.15) is 0 Å². The van der Waals surface area contributed by atoms with Crippen LogP contribution in [0.1, 0.15) is 51.5 Å². The molecule has 0 saturated carbocycles. The molecule has 1 aliphatic rings. The average molecular weight is 490 g/mol. The third-order valence-electron chi connectivity index (χ3n) is 5.30. The van der Waals surface area contributed by atoms with Crippen molar-refractivity contribution in [2.24, 2.45) is 0 Å². The molecule has 1 N–H and O–H groups in total. The minimum atomic E-state index is -4.16. The number of hydrogen-bond donors (Lipinski definition) is 1. The SMILES string of the molecule is COC(=O)c1c(NC(=O)CS(=O)(=O)c2nnc(Cc3ccccc3)o2)sc2c1CCCCC2. The number of fused-ring (bicyclic) bond motifs is 1. The van der Waals surface area contributed by atoms with Gasteiger partial charge in [-0.1, -0.05) is 41.9 Å². The molecule has 0 radical (unpaired) electrons. The summed E-state index contributed by atoms with van der Waals surface area (Å²) in [5.74, 6) is -2.09. The standard InChI is InChI=1S/C22H23N3O6S2/c1-30-21(27)19-15-10-6-3-7-11-16(15)32-20(19)23-17(26)13-33(28,29)22-25-24-18(31-22)12-14-8-4-2-5-9-14/h2,4-5,8-9H,3,6-7,10-13H2,1H3,(H,23,26). The molecule has 0 atom stereocenters. The van der Waals surface area contributed by atoms with Gasteiger partial charge in [-0.15, -0.1) is 16.4 Å². The molecule has 0 unspecified atom stereocenters. The Hall–Kier alpha value is -3.05. The smallest absolute Gasteiger partial charge is 0.341 e. The molecule has 33 heavy (non-hydrogen) atoms. The molecule has 11 heteroatoms. The van der Waals surface area contributed by atoms with Crippen LogP contribution in [-0.2, 0) is 38.6 Å². The van der Waals surface area contributed by atoms with Crippen molar-refractivity contribution in [3.63, 3.8) is 0 Å². The lowest BCUT2D eigenvalue weighted by Gasteiger charge is -2.07. The number of benzene rings is 1. The zero-order valence-electron chi connectivity index (χ0n) is 18.0. The van der Waals surface area contributed by atoms with Gasteiger partial charge in [0.05, 0.1) is 19.1 Å². The van der Waals surface area contributed by atoms with E-state index in [0.717, 1.165) is 48.1 Å². The molecular formula is C22H23N3O6S2. The number of amides is 1. The van der Waals surface area contributed by atoms with Crippen LogP contribution in [0.15, 0.2) is 40.0 Å². The Bertz CT molecular complexity index is 1260. The number of carbonyl (C=O) groups excluding carboxylic acids is 2. The van der Waals surface area contributed by atoms with Crippen molar-refractivity contribution < 1.29 is 27.2 Å². The number of ether oxygens (including phenoxy) is 1. The minimum Gasteiger partial charge on any atom is -0.465 e. The predicted octanol–water partition coefficient (Wildman–Crippen LogP) is 3.19. The fourth-order valence-electron chi connectivity index (χ4n) is 3.75. The van der Waals surface area contributed by atoms with E-state index in [1.165, 1.54) is 18.4 Å². The summed E-state index contributed by atoms with van der Waals surface area (Å²) in [6, 6.07) is 9.27. The summed E-state index contributed by atoms with van der Waals surface area (Å²) in [6.45, 7) is 0. The quantitative estimate of drug-likeness (QED) is 0.396. The summed E-state index contributed by atoms with van der Waals surface area (Å²) in [6.07, 6.45) is 4.81. The molecule has 2 heterocycles. The fourth-order valence-corrected chi connectivity index (χ4v) is 5.97. The molecule has 3 aromatic rings. The van der Waals surface area contributed by atoms with E-state index < -0.39 is 32.7 Å². The molecule has 0 fully saturated rings. The minimum absolute atomic E-state index is 0.134. The zero-order valence-corrected chi connectivity index (χ0v) is 19.6. The summed E-state index contributed by atoms with van der Waals surface area (Å²) >= 11 is 1.30. The van der Waals surface area contributed by atoms with Crippen LogP contribution in [0.5, 0.6) is 0 Å². The van der Waals surface area contributed by atoms with Crippen molar-refractivity contribution in [2.45, 2.75) is 43.7 Å². The molecule has 4 rings (SSSR count). The van der Waals surface area contributed by atoms with Crippen LogP contribution in [0.4, 0.5) is 5.00 Å². The summed E-state index contributed by atoms with van der Waals surface area (Å²) in [7, 11) is -2.88. The number of aryl methyl sites for hydroxylation is 1. The Morgan fingerprint density at radius 2 is 1.88 bits per heavy atom. The van der Waals surface area contributed by atoms with Gasteiger partial charge in [0, 0.05) is 4.88 Å². The first-order valence-electron chi connectivity index (χ1n) is 10.5. The monoisotopic (exact) mass is 489 g/mol. The van der Waals surface area contributed by atoms with Crippen LogP contribution < -0.4 is 5.32 Å². The highest BCUT2D eigenvalue weighted by molar-refractivity contribution is 7.91. The van der Waals surface area contributed by atoms with Crippen molar-refractivity contribution in [1.82, 2.24) is 10.2 Å². The maximum atomic E-state index is 12.7. The van der Waals surface area contributed by atoms with Gasteiger partial charge in [0.25, 0.3) is 0 Å². The molecule has 2 aromatic heterocycles. The number of hydrogen-bond acceptors (Lipinski definition) is 9. The first-order valence-corrected chi connectivity index (χ1v) is 13.0. The summed E-state index contributed by atoms with van der Waals surface area (Å²) in [5, 5.41) is 9.68. The zero-order chi connectivity index (χ0) is 23.4. The van der Waals surface area contributed by atoms with Gasteiger partial charge in [-0.05, 0) is 36.8 Å². The number of nitrogens with one attached hydrogen (secondary N) is 1. The third kappa shape index (κ3) is 5.31. The Morgan fingerprint density at radius 3 is 2.64 bits per heavy atom. The van der Waals surface area contributed by atoms with Gasteiger partial charge >= 0.3 is 11.2 Å². The molecule has 1 aromatic carbocycles. The largest absolute Gasteiger partial charge is 0.465 e. The van der Waals surface area contributed by atoms with Gasteiger partial charge in [-0.25, -0.2) is 13.2 Å². The third-order valence-corrected chi connectivity index (χ3v) is 7.84. The number of sulfone groups is 1. The lowest BCUT2D eigenvalue weighted by Crippen LogP contribution is -2.24. The summed E-state index contributed by atoms with van der Waals surface area (Å²) in [5.41, 5.74) is 2.08. The van der Waals surface area contributed by atoms with Crippen molar-refractivity contribution in [1.29, 1.82) is 0 Å². The Morgan fingerprint density at radius 1 is 1.12 bits per heavy atom. The molecule has 1 aliphatic carbocycles. The van der Waals surface area contributed by atoms with Crippen molar-refractivity contribution in [3.8, 4) is 0 Å². The number of carbonyl (C=O) groups is 2. The van der Waals surface area contributed by atoms with E-state index in [4.69, 9.17) is 9.15 Å². The maximum absolute atomic E-state index is 12.7. The van der Waals surface area contributed by atoms with Crippen molar-refractivity contribution >= 4 is 38.1 Å². The number of anilines is 1. The van der Waals surface area contributed by atoms with Gasteiger partial charge in [-0.3, -0.25) is 4.79 Å². The topological polar surface area (TPSA) is 128 Å². The van der Waals surface area contributed by atoms with Crippen LogP contribution in [0, 0.1) is 0 Å². The van der Waals surface area contributed by atoms with E-state index in [1.54, 1.807) is 0 Å². The molecule has 1 amide bonds. The highest BCUT2D eigenvalue weighted by Crippen LogP contribution is 2.38. The molecule has 0 saturated heterocycles. The molecule has 0 spiro atoms. The second-order valence-electron chi connectivity index (χ2n) is 7.69. The Kier molecular flexibility index (Phi) is 6.89. The van der Waals surface area contributed by atoms with Gasteiger partial charge in [0.1, 0.15) is 10.8 Å². The average Bonchev–Trinajstić information content (AvgIpc) is 3.32. The van der Waals surface area contributed by atoms with Crippen molar-refractivity contribution in [2.75, 3.05) is 18.2 Å². The van der Waals surface area contributed by atoms with Crippen LogP contribution in [0.25, 0.3) is 0 Å².